The SMILES string of the molecule is CC.CC.CC(C)c1ccc(-c2cccnc2)nc1.CC(C)c1ccc(F)cc1.CC(C)c1cccc(F)c1.CC(C)c1ccccc1.CC(C)c1ccccc1.CC(C)c1ccccc1F.CC(C)c1ccccn1.CC(C)c1ccccn1.CC(C)c1cccnc1.CC(C)c1ccncc1. The van der Waals surface area contributed by atoms with Crippen LogP contribution in [0.25, 0.3) is 11.3 Å². The molecule has 103 heavy (non-hydrogen) atoms. The Balaban J connectivity index is 0.00000112. The topological polar surface area (TPSA) is 77.3 Å². The monoisotopic (exact) mass is 1400 g/mol. The van der Waals surface area contributed by atoms with Gasteiger partial charge in [0.2, 0.25) is 0 Å². The van der Waals surface area contributed by atoms with E-state index < -0.39 is 0 Å². The minimum atomic E-state index is -0.163. The molecule has 6 aromatic heterocycles. The van der Waals surface area contributed by atoms with E-state index in [0.29, 0.717) is 53.3 Å². The summed E-state index contributed by atoms with van der Waals surface area (Å²) in [5, 5.41) is 0. The van der Waals surface area contributed by atoms with Gasteiger partial charge in [0.15, 0.2) is 0 Å². The van der Waals surface area contributed by atoms with Crippen LogP contribution >= 0.6 is 0 Å². The number of hydrogen-bond donors (Lipinski definition) is 0. The molecular weight excluding hydrogens is 1270 g/mol. The van der Waals surface area contributed by atoms with Crippen LogP contribution in [0.3, 0.4) is 0 Å². The van der Waals surface area contributed by atoms with Gasteiger partial charge in [-0.2, -0.15) is 0 Å². The van der Waals surface area contributed by atoms with Crippen LogP contribution in [0.4, 0.5) is 13.2 Å². The van der Waals surface area contributed by atoms with Gasteiger partial charge in [-0.1, -0.05) is 294 Å². The van der Waals surface area contributed by atoms with E-state index in [0.717, 1.165) is 33.8 Å². The Morgan fingerprint density at radius 3 is 0.913 bits per heavy atom. The molecule has 11 rings (SSSR count). The lowest BCUT2D eigenvalue weighted by molar-refractivity contribution is 0.598. The Bertz CT molecular complexity index is 3350. The van der Waals surface area contributed by atoms with Crippen LogP contribution < -0.4 is 0 Å². The van der Waals surface area contributed by atoms with Gasteiger partial charge in [0.1, 0.15) is 17.5 Å². The third-order valence-corrected chi connectivity index (χ3v) is 15.2. The molecule has 0 N–H and O–H groups in total. The summed E-state index contributed by atoms with van der Waals surface area (Å²) in [6, 6.07) is 69.5. The Labute approximate surface area is 623 Å². The number of halogens is 3. The summed E-state index contributed by atoms with van der Waals surface area (Å²) in [4.78, 5) is 24.8. The first-order chi connectivity index (χ1) is 49.2. The van der Waals surface area contributed by atoms with E-state index >= 15 is 0 Å². The Hall–Kier alpha value is -9.21. The highest BCUT2D eigenvalue weighted by Gasteiger charge is 2.05. The van der Waals surface area contributed by atoms with E-state index in [2.05, 4.69) is 215 Å². The van der Waals surface area contributed by atoms with Gasteiger partial charge in [0.05, 0.1) is 5.69 Å². The predicted octanol–water partition coefficient (Wildman–Crippen LogP) is 28.6. The maximum atomic E-state index is 12.8. The molecule has 9 heteroatoms. The normalized spacial score (nSPS) is 9.99. The second-order valence-electron chi connectivity index (χ2n) is 26.8. The number of nitrogens with zero attached hydrogens (tertiary/aromatic N) is 6. The van der Waals surface area contributed by atoms with Crippen LogP contribution in [-0.2, 0) is 0 Å². The van der Waals surface area contributed by atoms with Crippen molar-refractivity contribution in [1.29, 1.82) is 0 Å². The standard InChI is InChI=1S/C13H14N2.3C9H11F.2C9H12.4C8H11N.2C2H6/c1-10(2)11-5-6-13(15-9-11)12-4-3-7-14-8-12;1-7(2)8-3-5-9(10)6-4-8;1-7(2)8-4-3-5-9(10)6-8;1-7(2)8-5-3-4-6-9(8)10;2*1-8(2)9-6-4-3-5-7-9;1-7(2)8-3-5-9-6-4-8;1-7(2)8-4-3-5-9-6-8;2*1-7(2)8-5-3-4-6-9-8;2*1-2/h3-10H,1-2H3;3*3-7H,1-2H3;2*3-8H,1-2H3;4*3-7H,1-2H3;2*1-2H3. The zero-order chi connectivity index (χ0) is 77.5. The van der Waals surface area contributed by atoms with E-state index in [1.165, 1.54) is 57.6 Å². The summed E-state index contributed by atoms with van der Waals surface area (Å²) in [5.41, 5.74) is 14.2. The van der Waals surface area contributed by atoms with Crippen molar-refractivity contribution in [3.8, 4) is 11.3 Å². The molecule has 0 aliphatic heterocycles. The molecule has 0 amide bonds. The van der Waals surface area contributed by atoms with Crippen LogP contribution in [0.1, 0.15) is 281 Å². The van der Waals surface area contributed by atoms with Gasteiger partial charge in [-0.15, -0.1) is 0 Å². The maximum Gasteiger partial charge on any atom is 0.126 e. The Morgan fingerprint density at radius 2 is 0.612 bits per heavy atom. The molecule has 5 aromatic carbocycles. The molecule has 6 nitrogen and oxygen atoms in total. The van der Waals surface area contributed by atoms with Crippen molar-refractivity contribution in [3.63, 3.8) is 0 Å². The molecule has 0 aliphatic carbocycles. The molecule has 0 aliphatic rings. The molecule has 6 heterocycles. The van der Waals surface area contributed by atoms with E-state index in [-0.39, 0.29) is 23.4 Å². The highest BCUT2D eigenvalue weighted by molar-refractivity contribution is 5.57. The molecule has 0 fully saturated rings. The van der Waals surface area contributed by atoms with Crippen molar-refractivity contribution >= 4 is 0 Å². The number of aromatic nitrogens is 6. The van der Waals surface area contributed by atoms with E-state index in [4.69, 9.17) is 0 Å². The lowest BCUT2D eigenvalue weighted by Crippen LogP contribution is -1.90. The molecular formula is C94H127F3N6. The molecule has 0 radical (unpaired) electrons. The maximum absolute atomic E-state index is 12.8. The Kier molecular flexibility index (Phi) is 52.2. The minimum absolute atomic E-state index is 0.0995. The van der Waals surface area contributed by atoms with Crippen molar-refractivity contribution in [2.24, 2.45) is 0 Å². The lowest BCUT2D eigenvalue weighted by atomic mass is 10.0. The van der Waals surface area contributed by atoms with Gasteiger partial charge in [-0.3, -0.25) is 29.9 Å². The lowest BCUT2D eigenvalue weighted by Gasteiger charge is -2.05. The first-order valence-electron chi connectivity index (χ1n) is 37.0. The van der Waals surface area contributed by atoms with Gasteiger partial charge in [-0.05, 0) is 195 Å². The minimum Gasteiger partial charge on any atom is -0.265 e. The van der Waals surface area contributed by atoms with Crippen molar-refractivity contribution in [3.05, 3.63) is 348 Å². The quantitative estimate of drug-likeness (QED) is 0.128. The van der Waals surface area contributed by atoms with Crippen molar-refractivity contribution in [1.82, 2.24) is 29.9 Å². The molecule has 11 aromatic rings. The zero-order valence-corrected chi connectivity index (χ0v) is 67.1. The molecule has 0 saturated carbocycles. The zero-order valence-electron chi connectivity index (χ0n) is 67.1. The summed E-state index contributed by atoms with van der Waals surface area (Å²) in [6.45, 7) is 50.6. The number of pyridine rings is 6. The molecule has 0 saturated heterocycles. The summed E-state index contributed by atoms with van der Waals surface area (Å²) >= 11 is 0. The van der Waals surface area contributed by atoms with Gasteiger partial charge < -0.3 is 0 Å². The Morgan fingerprint density at radius 1 is 0.233 bits per heavy atom. The summed E-state index contributed by atoms with van der Waals surface area (Å²) < 4.78 is 37.7. The second-order valence-corrected chi connectivity index (χ2v) is 26.8. The average Bonchev–Trinajstić information content (AvgIpc) is 0.867. The molecule has 0 spiro atoms. The first-order valence-corrected chi connectivity index (χ1v) is 37.0. The summed E-state index contributed by atoms with van der Waals surface area (Å²) in [6.07, 6.45) is 16.6. The molecule has 0 bridgehead atoms. The van der Waals surface area contributed by atoms with Crippen LogP contribution in [0.15, 0.2) is 274 Å². The van der Waals surface area contributed by atoms with Gasteiger partial charge in [-0.25, -0.2) is 13.2 Å². The smallest absolute Gasteiger partial charge is 0.126 e. The first kappa shape index (κ1) is 93.8. The van der Waals surface area contributed by atoms with E-state index in [9.17, 15) is 13.2 Å². The fourth-order valence-electron chi connectivity index (χ4n) is 8.67. The van der Waals surface area contributed by atoms with Crippen molar-refractivity contribution < 1.29 is 13.2 Å². The predicted molar refractivity (Wildman–Crippen MR) is 440 cm³/mol. The fourth-order valence-corrected chi connectivity index (χ4v) is 8.67. The van der Waals surface area contributed by atoms with Crippen LogP contribution in [-0.4, -0.2) is 29.9 Å². The van der Waals surface area contributed by atoms with E-state index in [1.807, 2.05) is 200 Å². The average molecular weight is 1400 g/mol. The highest BCUT2D eigenvalue weighted by atomic mass is 19.1. The highest BCUT2D eigenvalue weighted by Crippen LogP contribution is 2.21. The number of hydrogen-bond acceptors (Lipinski definition) is 6. The largest absolute Gasteiger partial charge is 0.265 e. The summed E-state index contributed by atoms with van der Waals surface area (Å²) in [5.74, 6) is 4.92. The van der Waals surface area contributed by atoms with E-state index in [1.54, 1.807) is 30.6 Å². The van der Waals surface area contributed by atoms with Gasteiger partial charge in [0, 0.05) is 72.7 Å². The fraction of sp³-hybridized carbons (Fsp3) is 0.362. The van der Waals surface area contributed by atoms with Crippen LogP contribution in [0.5, 0.6) is 0 Å². The van der Waals surface area contributed by atoms with Gasteiger partial charge >= 0.3 is 0 Å². The second kappa shape index (κ2) is 57.3. The third kappa shape index (κ3) is 44.0. The van der Waals surface area contributed by atoms with Gasteiger partial charge in [0.25, 0.3) is 0 Å². The molecule has 0 atom stereocenters. The van der Waals surface area contributed by atoms with Crippen LogP contribution in [0.2, 0.25) is 0 Å². The van der Waals surface area contributed by atoms with Crippen molar-refractivity contribution in [2.75, 3.05) is 0 Å². The summed E-state index contributed by atoms with van der Waals surface area (Å²) in [7, 11) is 0. The molecule has 554 valence electrons. The third-order valence-electron chi connectivity index (χ3n) is 15.2. The number of benzene rings is 5. The number of rotatable bonds is 11. The van der Waals surface area contributed by atoms with Crippen LogP contribution in [0, 0.1) is 17.5 Å². The molecule has 0 unspecified atom stereocenters. The van der Waals surface area contributed by atoms with Crippen molar-refractivity contribution in [2.45, 2.75) is 225 Å².